The smallest absolute Gasteiger partial charge is 0.261 e. The second kappa shape index (κ2) is 14.2. The van der Waals surface area contributed by atoms with Crippen LogP contribution in [-0.2, 0) is 14.8 Å². The molecule has 0 aliphatic carbocycles. The highest BCUT2D eigenvalue weighted by atomic mass is 32.2. The molecule has 0 saturated carbocycles. The summed E-state index contributed by atoms with van der Waals surface area (Å²) < 4.78 is 54.2. The SMILES string of the molecule is C[C@H]1CCCCO[C@@H](CN(C)C)[C@@H](C)CN([C@@H](C)CO)C(=O)c2cc(NS(=O)(=O)c3ccc(F)cc3)ccc2O1. The van der Waals surface area contributed by atoms with Crippen molar-refractivity contribution in [1.82, 2.24) is 9.80 Å². The predicted molar refractivity (Wildman–Crippen MR) is 153 cm³/mol. The lowest BCUT2D eigenvalue weighted by atomic mass is 10.0. The number of hydrogen-bond donors (Lipinski definition) is 2. The van der Waals surface area contributed by atoms with E-state index in [0.717, 1.165) is 31.4 Å². The van der Waals surface area contributed by atoms with Crippen LogP contribution < -0.4 is 9.46 Å². The van der Waals surface area contributed by atoms with Gasteiger partial charge in [0.25, 0.3) is 15.9 Å². The number of aliphatic hydroxyl groups is 1. The van der Waals surface area contributed by atoms with Crippen molar-refractivity contribution in [3.8, 4) is 5.75 Å². The molecule has 2 aromatic carbocycles. The number of fused-ring (bicyclic) bond motifs is 1. The number of amides is 1. The first-order valence-corrected chi connectivity index (χ1v) is 15.2. The van der Waals surface area contributed by atoms with Gasteiger partial charge in [0, 0.05) is 31.3 Å². The quantitative estimate of drug-likeness (QED) is 0.511. The van der Waals surface area contributed by atoms with Crippen molar-refractivity contribution in [2.45, 2.75) is 63.2 Å². The predicted octanol–water partition coefficient (Wildman–Crippen LogP) is 3.98. The lowest BCUT2D eigenvalue weighted by Gasteiger charge is -2.35. The number of halogens is 1. The Morgan fingerprint density at radius 2 is 1.85 bits per heavy atom. The van der Waals surface area contributed by atoms with E-state index in [1.165, 1.54) is 24.3 Å². The van der Waals surface area contributed by atoms with Gasteiger partial charge >= 0.3 is 0 Å². The number of aliphatic hydroxyl groups excluding tert-OH is 1. The Bertz CT molecular complexity index is 1220. The van der Waals surface area contributed by atoms with E-state index in [1.54, 1.807) is 17.9 Å². The summed E-state index contributed by atoms with van der Waals surface area (Å²) in [5, 5.41) is 10.0. The van der Waals surface area contributed by atoms with E-state index in [2.05, 4.69) is 9.62 Å². The molecule has 2 N–H and O–H groups in total. The molecular weight excluding hydrogens is 537 g/mol. The molecule has 3 rings (SSSR count). The minimum atomic E-state index is -4.04. The fourth-order valence-electron chi connectivity index (χ4n) is 4.64. The van der Waals surface area contributed by atoms with E-state index in [-0.39, 0.29) is 46.8 Å². The van der Waals surface area contributed by atoms with Gasteiger partial charge in [0.15, 0.2) is 0 Å². The number of carbonyl (C=O) groups excluding carboxylic acids is 1. The number of benzene rings is 2. The van der Waals surface area contributed by atoms with Crippen LogP contribution in [0.3, 0.4) is 0 Å². The van der Waals surface area contributed by atoms with Gasteiger partial charge in [-0.2, -0.15) is 0 Å². The van der Waals surface area contributed by atoms with E-state index >= 15 is 0 Å². The monoisotopic (exact) mass is 579 g/mol. The number of ether oxygens (including phenoxy) is 2. The van der Waals surface area contributed by atoms with Gasteiger partial charge in [-0.1, -0.05) is 6.92 Å². The van der Waals surface area contributed by atoms with Gasteiger partial charge in [0.2, 0.25) is 0 Å². The molecule has 2 aromatic rings. The van der Waals surface area contributed by atoms with Crippen LogP contribution in [0.5, 0.6) is 5.75 Å². The van der Waals surface area contributed by atoms with E-state index < -0.39 is 21.9 Å². The topological polar surface area (TPSA) is 108 Å². The molecular formula is C29H42FN3O6S. The molecule has 9 nitrogen and oxygen atoms in total. The van der Waals surface area contributed by atoms with Crippen molar-refractivity contribution in [3.63, 3.8) is 0 Å². The van der Waals surface area contributed by atoms with Crippen molar-refractivity contribution >= 4 is 21.6 Å². The Labute approximate surface area is 237 Å². The van der Waals surface area contributed by atoms with Crippen molar-refractivity contribution in [1.29, 1.82) is 0 Å². The van der Waals surface area contributed by atoms with Crippen molar-refractivity contribution < 1.29 is 32.2 Å². The number of rotatable bonds is 7. The molecule has 0 bridgehead atoms. The van der Waals surface area contributed by atoms with Crippen LogP contribution in [0.4, 0.5) is 10.1 Å². The van der Waals surface area contributed by atoms with Gasteiger partial charge in [0.05, 0.1) is 35.3 Å². The molecule has 0 saturated heterocycles. The largest absolute Gasteiger partial charge is 0.490 e. The van der Waals surface area contributed by atoms with Crippen LogP contribution in [0.25, 0.3) is 0 Å². The lowest BCUT2D eigenvalue weighted by Crippen LogP contribution is -2.47. The zero-order chi connectivity index (χ0) is 29.4. The fourth-order valence-corrected chi connectivity index (χ4v) is 5.69. The first-order valence-electron chi connectivity index (χ1n) is 13.7. The average Bonchev–Trinajstić information content (AvgIpc) is 2.90. The summed E-state index contributed by atoms with van der Waals surface area (Å²) in [5.41, 5.74) is 0.341. The summed E-state index contributed by atoms with van der Waals surface area (Å²) in [6, 6.07) is 8.54. The zero-order valence-corrected chi connectivity index (χ0v) is 24.8. The Morgan fingerprint density at radius 1 is 1.15 bits per heavy atom. The van der Waals surface area contributed by atoms with Gasteiger partial charge in [-0.05, 0) is 89.7 Å². The number of carbonyl (C=O) groups is 1. The second-order valence-electron chi connectivity index (χ2n) is 10.8. The van der Waals surface area contributed by atoms with Gasteiger partial charge in [-0.25, -0.2) is 12.8 Å². The molecule has 40 heavy (non-hydrogen) atoms. The standard InChI is InChI=1S/C29H42FN3O6S/c1-20-17-33(21(2)19-34)29(35)26-16-24(31-40(36,37)25-12-9-23(30)10-13-25)11-14-27(26)39-22(3)8-6-7-15-38-28(20)18-32(4)5/h9-14,16,20-22,28,31,34H,6-8,15,17-19H2,1-5H3/t20-,21-,22-,28-/m0/s1. The molecule has 1 aliphatic heterocycles. The fraction of sp³-hybridized carbons (Fsp3) is 0.552. The summed E-state index contributed by atoms with van der Waals surface area (Å²) in [6.07, 6.45) is 2.19. The molecule has 1 amide bonds. The number of nitrogens with zero attached hydrogens (tertiary/aromatic N) is 2. The van der Waals surface area contributed by atoms with Crippen molar-refractivity contribution in [3.05, 3.63) is 53.8 Å². The van der Waals surface area contributed by atoms with E-state index in [9.17, 15) is 22.7 Å². The molecule has 0 aromatic heterocycles. The van der Waals surface area contributed by atoms with Crippen LogP contribution in [0.2, 0.25) is 0 Å². The molecule has 1 aliphatic rings. The van der Waals surface area contributed by atoms with E-state index in [0.29, 0.717) is 25.4 Å². The van der Waals surface area contributed by atoms with Crippen molar-refractivity contribution in [2.24, 2.45) is 5.92 Å². The second-order valence-corrected chi connectivity index (χ2v) is 12.5. The Balaban J connectivity index is 2.02. The summed E-state index contributed by atoms with van der Waals surface area (Å²) in [5.74, 6) is -0.651. The lowest BCUT2D eigenvalue weighted by molar-refractivity contribution is -0.0137. The maximum absolute atomic E-state index is 14.1. The third kappa shape index (κ3) is 8.63. The minimum absolute atomic E-state index is 0.0493. The van der Waals surface area contributed by atoms with Gasteiger partial charge in [0.1, 0.15) is 11.6 Å². The van der Waals surface area contributed by atoms with Crippen LogP contribution in [0.15, 0.2) is 47.4 Å². The Hall–Kier alpha value is -2.73. The molecule has 0 radical (unpaired) electrons. The summed E-state index contributed by atoms with van der Waals surface area (Å²) in [7, 11) is -0.0862. The van der Waals surface area contributed by atoms with Crippen LogP contribution in [0.1, 0.15) is 50.4 Å². The number of hydrogen-bond acceptors (Lipinski definition) is 7. The van der Waals surface area contributed by atoms with Crippen molar-refractivity contribution in [2.75, 3.05) is 45.1 Å². The maximum Gasteiger partial charge on any atom is 0.261 e. The third-order valence-electron chi connectivity index (χ3n) is 6.97. The molecule has 1 heterocycles. The van der Waals surface area contributed by atoms with E-state index in [4.69, 9.17) is 9.47 Å². The van der Waals surface area contributed by atoms with Gasteiger partial charge in [-0.3, -0.25) is 9.52 Å². The zero-order valence-electron chi connectivity index (χ0n) is 24.0. The number of sulfonamides is 1. The highest BCUT2D eigenvalue weighted by molar-refractivity contribution is 7.92. The highest BCUT2D eigenvalue weighted by Gasteiger charge is 2.30. The molecule has 222 valence electrons. The van der Waals surface area contributed by atoms with Crippen LogP contribution >= 0.6 is 0 Å². The summed E-state index contributed by atoms with van der Waals surface area (Å²) >= 11 is 0. The van der Waals surface area contributed by atoms with Gasteiger partial charge < -0.3 is 24.4 Å². The molecule has 4 atom stereocenters. The Morgan fingerprint density at radius 3 is 2.50 bits per heavy atom. The maximum atomic E-state index is 14.1. The minimum Gasteiger partial charge on any atom is -0.490 e. The molecule has 11 heteroatoms. The molecule has 0 unspecified atom stereocenters. The van der Waals surface area contributed by atoms with E-state index in [1.807, 2.05) is 27.9 Å². The average molecular weight is 580 g/mol. The Kier molecular flexibility index (Phi) is 11.3. The molecule has 0 fully saturated rings. The summed E-state index contributed by atoms with van der Waals surface area (Å²) in [4.78, 5) is 17.6. The third-order valence-corrected chi connectivity index (χ3v) is 8.37. The number of nitrogens with one attached hydrogen (secondary N) is 1. The van der Waals surface area contributed by atoms with Gasteiger partial charge in [-0.15, -0.1) is 0 Å². The number of anilines is 1. The normalized spacial score (nSPS) is 22.2. The van der Waals surface area contributed by atoms with Crippen LogP contribution in [0, 0.1) is 11.7 Å². The van der Waals surface area contributed by atoms with Crippen LogP contribution in [-0.4, -0.2) is 87.9 Å². The summed E-state index contributed by atoms with van der Waals surface area (Å²) in [6.45, 7) is 7.07. The number of likely N-dealkylation sites (N-methyl/N-ethyl adjacent to an activating group) is 1. The first kappa shape index (κ1) is 31.8. The highest BCUT2D eigenvalue weighted by Crippen LogP contribution is 2.29. The molecule has 0 spiro atoms. The first-order chi connectivity index (χ1) is 18.9.